The molecule has 0 aliphatic rings. The summed E-state index contributed by atoms with van der Waals surface area (Å²) in [4.78, 5) is 28.7. The molecule has 0 saturated carbocycles. The molecule has 0 aromatic heterocycles. The van der Waals surface area contributed by atoms with Crippen LogP contribution in [0.25, 0.3) is 0 Å². The van der Waals surface area contributed by atoms with Gasteiger partial charge in [0.15, 0.2) is 0 Å². The molecule has 0 aliphatic heterocycles. The van der Waals surface area contributed by atoms with Crippen LogP contribution in [-0.4, -0.2) is 43.8 Å². The number of anilines is 1. The average molecular weight is 619 g/mol. The average Bonchev–Trinajstić information content (AvgIpc) is 2.90. The van der Waals surface area contributed by atoms with Crippen LogP contribution in [-0.2, 0) is 26.2 Å². The van der Waals surface area contributed by atoms with Crippen molar-refractivity contribution >= 4 is 50.7 Å². The Morgan fingerprint density at radius 2 is 1.49 bits per heavy atom. The molecule has 220 valence electrons. The van der Waals surface area contributed by atoms with Gasteiger partial charge in [-0.05, 0) is 94.1 Å². The van der Waals surface area contributed by atoms with E-state index in [1.54, 1.807) is 49.4 Å². The Labute approximate surface area is 253 Å². The molecule has 10 heteroatoms. The first kappa shape index (κ1) is 32.4. The summed E-state index contributed by atoms with van der Waals surface area (Å²) in [7, 11) is -4.15. The zero-order chi connectivity index (χ0) is 30.5. The van der Waals surface area contributed by atoms with Gasteiger partial charge in [0.25, 0.3) is 10.0 Å². The van der Waals surface area contributed by atoms with Crippen LogP contribution in [0.2, 0.25) is 10.0 Å². The van der Waals surface area contributed by atoms with Crippen molar-refractivity contribution in [2.24, 2.45) is 0 Å². The van der Waals surface area contributed by atoms with Crippen LogP contribution in [0.1, 0.15) is 49.4 Å². The first-order valence-electron chi connectivity index (χ1n) is 13.4. The Morgan fingerprint density at radius 3 is 2.05 bits per heavy atom. The van der Waals surface area contributed by atoms with Crippen LogP contribution in [0.5, 0.6) is 0 Å². The minimum atomic E-state index is -4.15. The van der Waals surface area contributed by atoms with Gasteiger partial charge in [0.2, 0.25) is 11.8 Å². The Balaban J connectivity index is 2.08. The first-order chi connectivity index (χ1) is 19.2. The van der Waals surface area contributed by atoms with Gasteiger partial charge in [-0.15, -0.1) is 0 Å². The largest absolute Gasteiger partial charge is 0.352 e. The van der Waals surface area contributed by atoms with E-state index < -0.39 is 28.5 Å². The topological polar surface area (TPSA) is 86.8 Å². The molecule has 1 N–H and O–H groups in total. The van der Waals surface area contributed by atoms with Gasteiger partial charge in [0.1, 0.15) is 12.6 Å². The molecule has 3 aromatic rings. The van der Waals surface area contributed by atoms with E-state index in [2.05, 4.69) is 5.32 Å². The standard InChI is InChI=1S/C31H37Cl2N3O4S/c1-7-23(5)34-31(38)24(6)35(18-25-10-11-26(32)17-29(25)33)30(37)19-36(27-15-21(3)14-22(4)16-27)41(39,40)28-12-8-20(2)9-13-28/h8-17,23-24H,7,18-19H2,1-6H3,(H,34,38)/t23-,24-/m1/s1. The summed E-state index contributed by atoms with van der Waals surface area (Å²) in [6, 6.07) is 15.8. The van der Waals surface area contributed by atoms with Gasteiger partial charge in [-0.25, -0.2) is 8.42 Å². The molecule has 0 radical (unpaired) electrons. The number of benzene rings is 3. The van der Waals surface area contributed by atoms with E-state index in [4.69, 9.17) is 23.2 Å². The lowest BCUT2D eigenvalue weighted by atomic mass is 10.1. The lowest BCUT2D eigenvalue weighted by Crippen LogP contribution is -2.52. The van der Waals surface area contributed by atoms with Crippen LogP contribution in [0.3, 0.4) is 0 Å². The second-order valence-corrected chi connectivity index (χ2v) is 13.1. The van der Waals surface area contributed by atoms with Crippen LogP contribution in [0, 0.1) is 20.8 Å². The van der Waals surface area contributed by atoms with Gasteiger partial charge >= 0.3 is 0 Å². The number of halogens is 2. The number of amides is 2. The molecule has 0 bridgehead atoms. The number of hydrogen-bond donors (Lipinski definition) is 1. The summed E-state index contributed by atoms with van der Waals surface area (Å²) < 4.78 is 29.1. The molecule has 0 heterocycles. The van der Waals surface area contributed by atoms with E-state index in [9.17, 15) is 18.0 Å². The van der Waals surface area contributed by atoms with Gasteiger partial charge in [0, 0.05) is 22.6 Å². The second kappa shape index (κ2) is 13.7. The smallest absolute Gasteiger partial charge is 0.264 e. The maximum Gasteiger partial charge on any atom is 0.264 e. The molecule has 0 unspecified atom stereocenters. The van der Waals surface area contributed by atoms with Crippen LogP contribution in [0.15, 0.2) is 65.6 Å². The molecular formula is C31H37Cl2N3O4S. The lowest BCUT2D eigenvalue weighted by Gasteiger charge is -2.33. The van der Waals surface area contributed by atoms with E-state index in [0.717, 1.165) is 21.0 Å². The quantitative estimate of drug-likeness (QED) is 0.268. The number of carbonyl (C=O) groups is 2. The Hall–Kier alpha value is -3.07. The zero-order valence-corrected chi connectivity index (χ0v) is 26.6. The highest BCUT2D eigenvalue weighted by molar-refractivity contribution is 7.92. The van der Waals surface area contributed by atoms with Crippen molar-refractivity contribution < 1.29 is 18.0 Å². The first-order valence-corrected chi connectivity index (χ1v) is 15.6. The molecular weight excluding hydrogens is 581 g/mol. The highest BCUT2D eigenvalue weighted by Gasteiger charge is 2.33. The number of sulfonamides is 1. The predicted octanol–water partition coefficient (Wildman–Crippen LogP) is 6.45. The summed E-state index contributed by atoms with van der Waals surface area (Å²) in [5.74, 6) is -0.908. The van der Waals surface area contributed by atoms with E-state index in [1.165, 1.54) is 17.0 Å². The summed E-state index contributed by atoms with van der Waals surface area (Å²) in [5.41, 5.74) is 3.54. The monoisotopic (exact) mass is 617 g/mol. The minimum absolute atomic E-state index is 0.0187. The third-order valence-electron chi connectivity index (χ3n) is 6.91. The van der Waals surface area contributed by atoms with Crippen molar-refractivity contribution in [1.82, 2.24) is 10.2 Å². The molecule has 3 rings (SSSR count). The number of carbonyl (C=O) groups excluding carboxylic acids is 2. The van der Waals surface area contributed by atoms with Gasteiger partial charge < -0.3 is 10.2 Å². The fourth-order valence-corrected chi connectivity index (χ4v) is 6.21. The molecule has 2 atom stereocenters. The molecule has 0 spiro atoms. The number of nitrogens with one attached hydrogen (secondary N) is 1. The molecule has 0 aliphatic carbocycles. The molecule has 41 heavy (non-hydrogen) atoms. The molecule has 2 amide bonds. The van der Waals surface area contributed by atoms with Crippen molar-refractivity contribution in [3.8, 4) is 0 Å². The molecule has 7 nitrogen and oxygen atoms in total. The van der Waals surface area contributed by atoms with Crippen LogP contribution < -0.4 is 9.62 Å². The van der Waals surface area contributed by atoms with Crippen molar-refractivity contribution in [3.63, 3.8) is 0 Å². The summed E-state index contributed by atoms with van der Waals surface area (Å²) in [6.07, 6.45) is 0.713. The lowest BCUT2D eigenvalue weighted by molar-refractivity contribution is -0.139. The number of rotatable bonds is 11. The Bertz CT molecular complexity index is 1490. The van der Waals surface area contributed by atoms with Gasteiger partial charge in [-0.1, -0.05) is 60.0 Å². The highest BCUT2D eigenvalue weighted by Crippen LogP contribution is 2.28. The van der Waals surface area contributed by atoms with Crippen molar-refractivity contribution in [3.05, 3.63) is 93.0 Å². The fraction of sp³-hybridized carbons (Fsp3) is 0.355. The number of nitrogens with zero attached hydrogens (tertiary/aromatic N) is 2. The van der Waals surface area contributed by atoms with Crippen LogP contribution >= 0.6 is 23.2 Å². The minimum Gasteiger partial charge on any atom is -0.352 e. The summed E-state index contributed by atoms with van der Waals surface area (Å²) >= 11 is 12.5. The number of hydrogen-bond acceptors (Lipinski definition) is 4. The van der Waals surface area contributed by atoms with E-state index in [-0.39, 0.29) is 23.4 Å². The zero-order valence-electron chi connectivity index (χ0n) is 24.2. The SMILES string of the molecule is CC[C@@H](C)NC(=O)[C@@H](C)N(Cc1ccc(Cl)cc1Cl)C(=O)CN(c1cc(C)cc(C)c1)S(=O)(=O)c1ccc(C)cc1. The van der Waals surface area contributed by atoms with Gasteiger partial charge in [0.05, 0.1) is 10.6 Å². The van der Waals surface area contributed by atoms with Gasteiger partial charge in [-0.2, -0.15) is 0 Å². The van der Waals surface area contributed by atoms with Crippen molar-refractivity contribution in [1.29, 1.82) is 0 Å². The van der Waals surface area contributed by atoms with Gasteiger partial charge in [-0.3, -0.25) is 13.9 Å². The van der Waals surface area contributed by atoms with E-state index in [1.807, 2.05) is 40.7 Å². The predicted molar refractivity (Wildman–Crippen MR) is 166 cm³/mol. The van der Waals surface area contributed by atoms with Crippen molar-refractivity contribution in [2.75, 3.05) is 10.8 Å². The maximum absolute atomic E-state index is 14.1. The Morgan fingerprint density at radius 1 is 0.878 bits per heavy atom. The van der Waals surface area contributed by atoms with Crippen LogP contribution in [0.4, 0.5) is 5.69 Å². The summed E-state index contributed by atoms with van der Waals surface area (Å²) in [5, 5.41) is 3.69. The maximum atomic E-state index is 14.1. The second-order valence-electron chi connectivity index (χ2n) is 10.4. The fourth-order valence-electron chi connectivity index (χ4n) is 4.34. The Kier molecular flexibility index (Phi) is 10.9. The van der Waals surface area contributed by atoms with E-state index in [0.29, 0.717) is 27.7 Å². The highest BCUT2D eigenvalue weighted by atomic mass is 35.5. The normalized spacial score (nSPS) is 12.9. The molecule has 0 saturated heterocycles. The third kappa shape index (κ3) is 8.24. The third-order valence-corrected chi connectivity index (χ3v) is 9.28. The number of aryl methyl sites for hydroxylation is 3. The molecule has 3 aromatic carbocycles. The molecule has 0 fully saturated rings. The van der Waals surface area contributed by atoms with E-state index >= 15 is 0 Å². The van der Waals surface area contributed by atoms with Crippen molar-refractivity contribution in [2.45, 2.75) is 71.5 Å². The summed E-state index contributed by atoms with van der Waals surface area (Å²) in [6.45, 7) is 10.5.